The highest BCUT2D eigenvalue weighted by molar-refractivity contribution is 5.97. The summed E-state index contributed by atoms with van der Waals surface area (Å²) in [6, 6.07) is 2.43. The van der Waals surface area contributed by atoms with Gasteiger partial charge in [-0.05, 0) is 24.6 Å². The Morgan fingerprint density at radius 2 is 2.22 bits per heavy atom. The second kappa shape index (κ2) is 5.81. The minimum atomic E-state index is -1.21. The Balaban J connectivity index is 2.86. The van der Waals surface area contributed by atoms with Gasteiger partial charge in [-0.1, -0.05) is 6.08 Å². The molecule has 0 aliphatic carbocycles. The molecule has 6 heteroatoms. The first-order chi connectivity index (χ1) is 8.45. The van der Waals surface area contributed by atoms with E-state index in [2.05, 4.69) is 11.9 Å². The van der Waals surface area contributed by atoms with Crippen LogP contribution in [0.2, 0.25) is 0 Å². The van der Waals surface area contributed by atoms with Gasteiger partial charge in [-0.25, -0.2) is 9.18 Å². The first kappa shape index (κ1) is 13.7. The second-order valence-corrected chi connectivity index (χ2v) is 3.63. The third-order valence-electron chi connectivity index (χ3n) is 2.24. The van der Waals surface area contributed by atoms with E-state index in [1.54, 1.807) is 0 Å². The van der Waals surface area contributed by atoms with Crippen LogP contribution in [-0.4, -0.2) is 23.0 Å². The number of benzene rings is 1. The van der Waals surface area contributed by atoms with Crippen LogP contribution in [-0.2, 0) is 4.79 Å². The summed E-state index contributed by atoms with van der Waals surface area (Å²) < 4.78 is 13.4. The Kier molecular flexibility index (Phi) is 4.42. The quantitative estimate of drug-likeness (QED) is 0.541. The van der Waals surface area contributed by atoms with E-state index in [1.807, 2.05) is 0 Å². The number of anilines is 1. The first-order valence-corrected chi connectivity index (χ1v) is 5.15. The summed E-state index contributed by atoms with van der Waals surface area (Å²) in [6.07, 6.45) is 1.41. The Hall–Kier alpha value is -2.37. The van der Waals surface area contributed by atoms with Crippen molar-refractivity contribution in [3.05, 3.63) is 42.2 Å². The van der Waals surface area contributed by atoms with Crippen LogP contribution in [0.4, 0.5) is 10.1 Å². The van der Waals surface area contributed by atoms with Gasteiger partial charge in [0.1, 0.15) is 11.9 Å². The van der Waals surface area contributed by atoms with Gasteiger partial charge in [-0.3, -0.25) is 4.79 Å². The van der Waals surface area contributed by atoms with Crippen LogP contribution < -0.4 is 11.1 Å². The van der Waals surface area contributed by atoms with E-state index in [0.29, 0.717) is 0 Å². The van der Waals surface area contributed by atoms with E-state index >= 15 is 0 Å². The Bertz CT molecular complexity index is 488. The van der Waals surface area contributed by atoms with E-state index in [1.165, 1.54) is 18.2 Å². The number of hydrogen-bond donors (Lipinski definition) is 3. The van der Waals surface area contributed by atoms with Gasteiger partial charge in [0.25, 0.3) is 5.91 Å². The Labute approximate surface area is 103 Å². The number of carboxylic acid groups (broad SMARTS) is 1. The number of carboxylic acids is 1. The molecule has 4 N–H and O–H groups in total. The minimum Gasteiger partial charge on any atom is -0.480 e. The molecule has 0 heterocycles. The molecule has 0 radical (unpaired) electrons. The number of halogens is 1. The van der Waals surface area contributed by atoms with Gasteiger partial charge < -0.3 is 16.2 Å². The lowest BCUT2D eigenvalue weighted by Crippen LogP contribution is -2.40. The molecule has 96 valence electrons. The van der Waals surface area contributed by atoms with Crippen molar-refractivity contribution >= 4 is 17.6 Å². The summed E-state index contributed by atoms with van der Waals surface area (Å²) in [4.78, 5) is 22.5. The average molecular weight is 252 g/mol. The molecule has 1 unspecified atom stereocenters. The van der Waals surface area contributed by atoms with Crippen LogP contribution in [0.3, 0.4) is 0 Å². The largest absolute Gasteiger partial charge is 0.480 e. The number of aliphatic carboxylic acids is 1. The van der Waals surface area contributed by atoms with Crippen LogP contribution in [0.1, 0.15) is 16.8 Å². The molecule has 0 aliphatic heterocycles. The average Bonchev–Trinajstić information content (AvgIpc) is 2.27. The molecule has 0 saturated heterocycles. The molecular weight excluding hydrogens is 239 g/mol. The van der Waals surface area contributed by atoms with Gasteiger partial charge in [0.05, 0.1) is 5.56 Å². The number of carbonyl (C=O) groups is 2. The molecule has 5 nitrogen and oxygen atoms in total. The van der Waals surface area contributed by atoms with Crippen molar-refractivity contribution in [1.29, 1.82) is 0 Å². The number of carbonyl (C=O) groups excluding carboxylic acids is 1. The highest BCUT2D eigenvalue weighted by Gasteiger charge is 2.20. The molecule has 1 atom stereocenters. The van der Waals surface area contributed by atoms with Gasteiger partial charge in [0, 0.05) is 5.69 Å². The maximum atomic E-state index is 13.4. The van der Waals surface area contributed by atoms with Crippen LogP contribution >= 0.6 is 0 Å². The van der Waals surface area contributed by atoms with Crippen molar-refractivity contribution in [3.8, 4) is 0 Å². The fourth-order valence-electron chi connectivity index (χ4n) is 1.34. The third kappa shape index (κ3) is 3.31. The lowest BCUT2D eigenvalue weighted by atomic mass is 10.1. The third-order valence-corrected chi connectivity index (χ3v) is 2.24. The molecule has 0 saturated carbocycles. The SMILES string of the molecule is C=CCC(NC(=O)c1ccc(N)cc1F)C(=O)O. The standard InChI is InChI=1S/C12H13FN2O3/c1-2-3-10(12(17)18)15-11(16)8-5-4-7(14)6-9(8)13/h2,4-6,10H,1,3,14H2,(H,15,16)(H,17,18). The molecule has 18 heavy (non-hydrogen) atoms. The number of rotatable bonds is 5. The monoisotopic (exact) mass is 252 g/mol. The molecule has 1 amide bonds. The van der Waals surface area contributed by atoms with E-state index in [0.717, 1.165) is 6.07 Å². The summed E-state index contributed by atoms with van der Waals surface area (Å²) in [5, 5.41) is 11.0. The van der Waals surface area contributed by atoms with Crippen molar-refractivity contribution in [2.24, 2.45) is 0 Å². The van der Waals surface area contributed by atoms with E-state index in [-0.39, 0.29) is 17.7 Å². The molecule has 0 bridgehead atoms. The predicted molar refractivity (Wildman–Crippen MR) is 64.5 cm³/mol. The van der Waals surface area contributed by atoms with Gasteiger partial charge in [0.15, 0.2) is 0 Å². The number of hydrogen-bond acceptors (Lipinski definition) is 3. The molecule has 1 rings (SSSR count). The van der Waals surface area contributed by atoms with Gasteiger partial charge >= 0.3 is 5.97 Å². The topological polar surface area (TPSA) is 92.4 Å². The van der Waals surface area contributed by atoms with Crippen molar-refractivity contribution < 1.29 is 19.1 Å². The van der Waals surface area contributed by atoms with Crippen molar-refractivity contribution in [2.75, 3.05) is 5.73 Å². The zero-order chi connectivity index (χ0) is 13.7. The van der Waals surface area contributed by atoms with Crippen molar-refractivity contribution in [3.63, 3.8) is 0 Å². The zero-order valence-corrected chi connectivity index (χ0v) is 9.52. The van der Waals surface area contributed by atoms with E-state index in [4.69, 9.17) is 10.8 Å². The zero-order valence-electron chi connectivity index (χ0n) is 9.52. The molecule has 0 spiro atoms. The lowest BCUT2D eigenvalue weighted by molar-refractivity contribution is -0.139. The number of nitrogens with one attached hydrogen (secondary N) is 1. The lowest BCUT2D eigenvalue weighted by Gasteiger charge is -2.13. The predicted octanol–water partition coefficient (Wildman–Crippen LogP) is 1.17. The van der Waals surface area contributed by atoms with Gasteiger partial charge in [-0.15, -0.1) is 6.58 Å². The summed E-state index contributed by atoms with van der Waals surface area (Å²) in [7, 11) is 0. The summed E-state index contributed by atoms with van der Waals surface area (Å²) in [6.45, 7) is 3.39. The fraction of sp³-hybridized carbons (Fsp3) is 0.167. The van der Waals surface area contributed by atoms with Crippen LogP contribution in [0, 0.1) is 5.82 Å². The molecule has 0 aliphatic rings. The molecular formula is C12H13FN2O3. The van der Waals surface area contributed by atoms with Gasteiger partial charge in [0.2, 0.25) is 0 Å². The minimum absolute atomic E-state index is 0.0532. The first-order valence-electron chi connectivity index (χ1n) is 5.15. The number of amides is 1. The summed E-state index contributed by atoms with van der Waals surface area (Å²) in [5.41, 5.74) is 5.28. The number of nitrogens with two attached hydrogens (primary N) is 1. The smallest absolute Gasteiger partial charge is 0.326 e. The highest BCUT2D eigenvalue weighted by atomic mass is 19.1. The molecule has 1 aromatic rings. The maximum absolute atomic E-state index is 13.4. The molecule has 1 aromatic carbocycles. The van der Waals surface area contributed by atoms with E-state index in [9.17, 15) is 14.0 Å². The van der Waals surface area contributed by atoms with Crippen LogP contribution in [0.5, 0.6) is 0 Å². The summed E-state index contributed by atoms with van der Waals surface area (Å²) >= 11 is 0. The van der Waals surface area contributed by atoms with Crippen molar-refractivity contribution in [2.45, 2.75) is 12.5 Å². The Morgan fingerprint density at radius 3 is 2.72 bits per heavy atom. The Morgan fingerprint density at radius 1 is 1.56 bits per heavy atom. The number of nitrogen functional groups attached to an aromatic ring is 1. The van der Waals surface area contributed by atoms with Crippen LogP contribution in [0.15, 0.2) is 30.9 Å². The van der Waals surface area contributed by atoms with Crippen LogP contribution in [0.25, 0.3) is 0 Å². The molecule has 0 fully saturated rings. The summed E-state index contributed by atoms with van der Waals surface area (Å²) in [5.74, 6) is -2.81. The highest BCUT2D eigenvalue weighted by Crippen LogP contribution is 2.12. The maximum Gasteiger partial charge on any atom is 0.326 e. The van der Waals surface area contributed by atoms with E-state index < -0.39 is 23.7 Å². The molecule has 0 aromatic heterocycles. The normalized spacial score (nSPS) is 11.6. The van der Waals surface area contributed by atoms with Gasteiger partial charge in [-0.2, -0.15) is 0 Å². The second-order valence-electron chi connectivity index (χ2n) is 3.63. The van der Waals surface area contributed by atoms with Crippen molar-refractivity contribution in [1.82, 2.24) is 5.32 Å². The fourth-order valence-corrected chi connectivity index (χ4v) is 1.34.